The van der Waals surface area contributed by atoms with Crippen LogP contribution in [0.3, 0.4) is 0 Å². The van der Waals surface area contributed by atoms with Crippen molar-refractivity contribution in [1.29, 1.82) is 0 Å². The number of carboxylic acids is 2. The van der Waals surface area contributed by atoms with Crippen molar-refractivity contribution < 1.29 is 30.0 Å². The number of thioether (sulfide) groups is 1. The zero-order valence-electron chi connectivity index (χ0n) is 5.09. The Kier molecular flexibility index (Phi) is 3.86. The van der Waals surface area contributed by atoms with Crippen LogP contribution in [0, 0.1) is 0 Å². The summed E-state index contributed by atoms with van der Waals surface area (Å²) in [5.74, 6) is -3.73. The third-order valence-electron chi connectivity index (χ3n) is 0.661. The predicted molar refractivity (Wildman–Crippen MR) is 29.6 cm³/mol. The van der Waals surface area contributed by atoms with Crippen molar-refractivity contribution in [1.82, 2.24) is 0 Å². The molecule has 0 aromatic heterocycles. The largest absolute Gasteiger partial charge is 0.546 e. The van der Waals surface area contributed by atoms with Gasteiger partial charge >= 0.3 is 0 Å². The normalized spacial score (nSPS) is 15.5. The van der Waals surface area contributed by atoms with Gasteiger partial charge in [-0.2, -0.15) is 0 Å². The summed E-state index contributed by atoms with van der Waals surface area (Å²) >= 11 is -0.0972. The van der Waals surface area contributed by atoms with Crippen LogP contribution in [0.1, 0.15) is 0 Å². The molecule has 0 saturated heterocycles. The van der Waals surface area contributed by atoms with Crippen LogP contribution in [0.4, 0.5) is 0 Å². The van der Waals surface area contributed by atoms with E-state index in [4.69, 9.17) is 10.2 Å². The Morgan fingerprint density at radius 1 is 1.09 bits per heavy atom. The van der Waals surface area contributed by atoms with Gasteiger partial charge in [0.1, 0.15) is 10.9 Å². The number of carboxylic acid groups (broad SMARTS) is 2. The van der Waals surface area contributed by atoms with Gasteiger partial charge in [0.2, 0.25) is 0 Å². The van der Waals surface area contributed by atoms with Gasteiger partial charge in [-0.05, 0) is 0 Å². The lowest BCUT2D eigenvalue weighted by atomic mass is 10.7. The van der Waals surface area contributed by atoms with Crippen molar-refractivity contribution in [3.8, 4) is 0 Å². The first-order valence-electron chi connectivity index (χ1n) is 2.38. The summed E-state index contributed by atoms with van der Waals surface area (Å²) in [5, 5.41) is 36.3. The lowest BCUT2D eigenvalue weighted by Gasteiger charge is -2.15. The highest BCUT2D eigenvalue weighted by Gasteiger charge is 2.13. The highest BCUT2D eigenvalue weighted by Crippen LogP contribution is 2.12. The molecule has 0 aromatic rings. The number of hydrogen-bond donors (Lipinski definition) is 2. The van der Waals surface area contributed by atoms with Crippen LogP contribution in [0.15, 0.2) is 0 Å². The number of aliphatic hydroxyl groups is 2. The molecule has 0 aliphatic carbocycles. The van der Waals surface area contributed by atoms with Gasteiger partial charge in [-0.3, -0.25) is 0 Å². The van der Waals surface area contributed by atoms with E-state index in [2.05, 4.69) is 0 Å². The minimum Gasteiger partial charge on any atom is -0.546 e. The van der Waals surface area contributed by atoms with E-state index in [1.165, 1.54) is 0 Å². The van der Waals surface area contributed by atoms with Crippen molar-refractivity contribution in [3.05, 3.63) is 0 Å². The van der Waals surface area contributed by atoms with E-state index < -0.39 is 22.8 Å². The summed E-state index contributed by atoms with van der Waals surface area (Å²) in [5.41, 5.74) is -4.13. The van der Waals surface area contributed by atoms with E-state index in [0.717, 1.165) is 0 Å². The molecule has 0 heterocycles. The molecular formula is C4H4O6S-2. The van der Waals surface area contributed by atoms with Crippen LogP contribution < -0.4 is 10.2 Å². The van der Waals surface area contributed by atoms with Gasteiger partial charge in [-0.1, -0.05) is 11.8 Å². The molecule has 0 aliphatic heterocycles. The Morgan fingerprint density at radius 2 is 1.36 bits per heavy atom. The maximum Gasteiger partial charge on any atom is 0.142 e. The molecule has 0 radical (unpaired) electrons. The lowest BCUT2D eigenvalue weighted by Crippen LogP contribution is -2.39. The van der Waals surface area contributed by atoms with Gasteiger partial charge in [-0.15, -0.1) is 0 Å². The Morgan fingerprint density at radius 3 is 1.55 bits per heavy atom. The third kappa shape index (κ3) is 3.81. The number of aliphatic carboxylic acids is 2. The molecule has 64 valence electrons. The van der Waals surface area contributed by atoms with Crippen molar-refractivity contribution in [2.45, 2.75) is 10.9 Å². The van der Waals surface area contributed by atoms with Crippen molar-refractivity contribution in [2.75, 3.05) is 0 Å². The Bertz CT molecular complexity index is 150. The maximum absolute atomic E-state index is 9.75. The van der Waals surface area contributed by atoms with E-state index in [9.17, 15) is 19.8 Å². The number of carbonyl (C=O) groups excluding carboxylic acids is 2. The first-order valence-corrected chi connectivity index (χ1v) is 3.32. The van der Waals surface area contributed by atoms with Crippen molar-refractivity contribution in [2.24, 2.45) is 0 Å². The number of rotatable bonds is 4. The molecule has 0 fully saturated rings. The second kappa shape index (κ2) is 4.16. The zero-order chi connectivity index (χ0) is 9.02. The molecular weight excluding hydrogens is 176 g/mol. The van der Waals surface area contributed by atoms with E-state index in [1.807, 2.05) is 0 Å². The van der Waals surface area contributed by atoms with Gasteiger partial charge in [0.25, 0.3) is 0 Å². The lowest BCUT2D eigenvalue weighted by molar-refractivity contribution is -0.311. The summed E-state index contributed by atoms with van der Waals surface area (Å²) in [6, 6.07) is 0. The Labute approximate surface area is 65.5 Å². The maximum atomic E-state index is 9.75. The molecule has 0 amide bonds. The zero-order valence-corrected chi connectivity index (χ0v) is 5.91. The fourth-order valence-electron chi connectivity index (χ4n) is 0.233. The van der Waals surface area contributed by atoms with E-state index in [0.29, 0.717) is 0 Å². The van der Waals surface area contributed by atoms with Crippen molar-refractivity contribution >= 4 is 23.7 Å². The molecule has 0 rings (SSSR count). The molecule has 11 heavy (non-hydrogen) atoms. The number of hydrogen-bond acceptors (Lipinski definition) is 7. The van der Waals surface area contributed by atoms with Gasteiger partial charge in [-0.25, -0.2) is 0 Å². The Hall–Kier alpha value is -0.790. The monoisotopic (exact) mass is 180 g/mol. The molecule has 0 aromatic carbocycles. The highest BCUT2D eigenvalue weighted by atomic mass is 32.2. The third-order valence-corrected chi connectivity index (χ3v) is 1.56. The molecule has 2 atom stereocenters. The quantitative estimate of drug-likeness (QED) is 0.421. The standard InChI is InChI=1S/C4H6O6S/c5-1(6)3(9)11-4(10)2(7)8/h3-4,9-10H,(H,5,6)(H,7,8)/p-2. The number of aliphatic hydroxyl groups excluding tert-OH is 2. The van der Waals surface area contributed by atoms with E-state index >= 15 is 0 Å². The van der Waals surface area contributed by atoms with Crippen molar-refractivity contribution in [3.63, 3.8) is 0 Å². The second-order valence-electron chi connectivity index (χ2n) is 1.48. The Balaban J connectivity index is 3.84. The molecule has 2 N–H and O–H groups in total. The predicted octanol–water partition coefficient (Wildman–Crippen LogP) is -4.14. The smallest absolute Gasteiger partial charge is 0.142 e. The van der Waals surface area contributed by atoms with Crippen LogP contribution in [0.2, 0.25) is 0 Å². The second-order valence-corrected chi connectivity index (χ2v) is 2.64. The average molecular weight is 180 g/mol. The molecule has 0 bridgehead atoms. The topological polar surface area (TPSA) is 121 Å². The number of carbonyl (C=O) groups is 2. The van der Waals surface area contributed by atoms with Crippen LogP contribution in [0.25, 0.3) is 0 Å². The first kappa shape index (κ1) is 10.2. The summed E-state index contributed by atoms with van der Waals surface area (Å²) in [6.45, 7) is 0. The van der Waals surface area contributed by atoms with Gasteiger partial charge in [0.05, 0.1) is 11.9 Å². The van der Waals surface area contributed by atoms with E-state index in [1.54, 1.807) is 0 Å². The minimum atomic E-state index is -2.07. The molecule has 0 aliphatic rings. The molecule has 6 nitrogen and oxygen atoms in total. The fraction of sp³-hybridized carbons (Fsp3) is 0.500. The van der Waals surface area contributed by atoms with Gasteiger partial charge in [0.15, 0.2) is 0 Å². The minimum absolute atomic E-state index is 0.0972. The first-order chi connectivity index (χ1) is 4.95. The summed E-state index contributed by atoms with van der Waals surface area (Å²) in [6.07, 6.45) is 0. The van der Waals surface area contributed by atoms with Crippen LogP contribution in [-0.4, -0.2) is 33.0 Å². The van der Waals surface area contributed by atoms with E-state index in [-0.39, 0.29) is 11.8 Å². The van der Waals surface area contributed by atoms with Crippen LogP contribution in [0.5, 0.6) is 0 Å². The molecule has 0 spiro atoms. The summed E-state index contributed by atoms with van der Waals surface area (Å²) in [7, 11) is 0. The fourth-order valence-corrected chi connectivity index (χ4v) is 0.700. The molecule has 2 unspecified atom stereocenters. The van der Waals surface area contributed by atoms with Crippen LogP contribution >= 0.6 is 11.8 Å². The summed E-state index contributed by atoms with van der Waals surface area (Å²) < 4.78 is 0. The SMILES string of the molecule is O=C([O-])C(O)SC(O)C(=O)[O-]. The van der Waals surface area contributed by atoms with Gasteiger partial charge < -0.3 is 30.0 Å². The summed E-state index contributed by atoms with van der Waals surface area (Å²) in [4.78, 5) is 19.5. The van der Waals surface area contributed by atoms with Crippen LogP contribution in [-0.2, 0) is 9.59 Å². The van der Waals surface area contributed by atoms with Gasteiger partial charge in [0, 0.05) is 0 Å². The molecule has 7 heteroatoms. The highest BCUT2D eigenvalue weighted by molar-refractivity contribution is 8.01. The molecule has 0 saturated carbocycles. The average Bonchev–Trinajstić information content (AvgIpc) is 1.87.